The van der Waals surface area contributed by atoms with Gasteiger partial charge in [-0.1, -0.05) is 41.5 Å². The van der Waals surface area contributed by atoms with Crippen molar-refractivity contribution in [2.24, 2.45) is 91.0 Å². The van der Waals surface area contributed by atoms with E-state index in [9.17, 15) is 10.2 Å². The van der Waals surface area contributed by atoms with Gasteiger partial charge in [0.25, 0.3) is 0 Å². The van der Waals surface area contributed by atoms with Crippen LogP contribution in [0, 0.1) is 80.8 Å². The summed E-state index contributed by atoms with van der Waals surface area (Å²) in [7, 11) is 0. The summed E-state index contributed by atoms with van der Waals surface area (Å²) < 4.78 is 0. The molecule has 246 valence electrons. The summed E-state index contributed by atoms with van der Waals surface area (Å²) in [6, 6.07) is 0. The van der Waals surface area contributed by atoms with Crippen LogP contribution in [0.5, 0.6) is 0 Å². The van der Waals surface area contributed by atoms with Gasteiger partial charge in [-0.25, -0.2) is 0 Å². The minimum absolute atomic E-state index is 0.0646. The van der Waals surface area contributed by atoms with Gasteiger partial charge in [-0.3, -0.25) is 0 Å². The predicted molar refractivity (Wildman–Crippen MR) is 179 cm³/mol. The molecule has 0 aromatic rings. The molecule has 0 bridgehead atoms. The molecule has 6 unspecified atom stereocenters. The highest BCUT2D eigenvalue weighted by molar-refractivity contribution is 5.91. The maximum Gasteiger partial charge on any atom is 0.0596 e. The third kappa shape index (κ3) is 4.26. The first-order valence-corrected chi connectivity index (χ1v) is 19.4. The number of nitrogens with zero attached hydrogens (tertiary/aromatic N) is 2. The summed E-state index contributed by atoms with van der Waals surface area (Å²) in [6.07, 6.45) is 19.8. The smallest absolute Gasteiger partial charge is 0.0596 e. The molecule has 0 radical (unpaired) electrons. The quantitative estimate of drug-likeness (QED) is 0.293. The highest BCUT2D eigenvalue weighted by Gasteiger charge is 2.62. The van der Waals surface area contributed by atoms with Gasteiger partial charge in [0.2, 0.25) is 0 Å². The zero-order valence-corrected chi connectivity index (χ0v) is 29.0. The van der Waals surface area contributed by atoms with Gasteiger partial charge in [-0.05, 0) is 184 Å². The number of aliphatic hydroxyl groups is 2. The summed E-state index contributed by atoms with van der Waals surface area (Å²) in [5, 5.41) is 32.3. The molecule has 0 aromatic carbocycles. The van der Waals surface area contributed by atoms with E-state index in [1.165, 1.54) is 88.5 Å². The van der Waals surface area contributed by atoms with E-state index in [1.54, 1.807) is 0 Å². The van der Waals surface area contributed by atoms with Crippen molar-refractivity contribution >= 4 is 11.4 Å². The number of fused-ring (bicyclic) bond motifs is 10. The van der Waals surface area contributed by atoms with E-state index in [0.717, 1.165) is 67.1 Å². The zero-order valence-electron chi connectivity index (χ0n) is 29.0. The molecule has 8 saturated carbocycles. The minimum atomic E-state index is -0.0733. The van der Waals surface area contributed by atoms with Gasteiger partial charge >= 0.3 is 0 Å². The standard InChI is InChI=1S/C40H64N2O2/c1-23-21-39(5)25(7-9-27-29-11-12-35(44)38(29,4)18-14-30(27)39)19-32(23)41-42-33-20-26-8-10-28-31(40(26,6)22-24(33)2)13-16-37(3)17-15-34(43)36(28)37/h23-31,34-36,43-44H,7-22H2,1-6H3/b41-32+,42-33?/t23-,24?,25+,26?,27+,28?,29+,30+,31?,34?,35+,36?,37-,38+,39+,40+/m1/s1. The maximum atomic E-state index is 11.1. The van der Waals surface area contributed by atoms with Crippen LogP contribution in [0.1, 0.15) is 144 Å². The van der Waals surface area contributed by atoms with Crippen LogP contribution in [0.2, 0.25) is 0 Å². The van der Waals surface area contributed by atoms with E-state index < -0.39 is 0 Å². The van der Waals surface area contributed by atoms with Crippen LogP contribution in [0.3, 0.4) is 0 Å². The molecule has 0 aliphatic heterocycles. The average Bonchev–Trinajstić information content (AvgIpc) is 3.46. The fourth-order valence-corrected chi connectivity index (χ4v) is 15.2. The van der Waals surface area contributed by atoms with Gasteiger partial charge in [0.15, 0.2) is 0 Å². The fraction of sp³-hybridized carbons (Fsp3) is 0.950. The number of rotatable bonds is 1. The van der Waals surface area contributed by atoms with Crippen molar-refractivity contribution in [1.82, 2.24) is 0 Å². The van der Waals surface area contributed by atoms with Crippen molar-refractivity contribution in [2.75, 3.05) is 0 Å². The molecule has 0 spiro atoms. The first-order chi connectivity index (χ1) is 20.9. The summed E-state index contributed by atoms with van der Waals surface area (Å²) in [4.78, 5) is 0. The molecule has 8 aliphatic rings. The third-order valence-electron chi connectivity index (χ3n) is 17.7. The van der Waals surface area contributed by atoms with E-state index >= 15 is 0 Å². The lowest BCUT2D eigenvalue weighted by atomic mass is 9.44. The Labute approximate surface area is 268 Å². The van der Waals surface area contributed by atoms with Crippen molar-refractivity contribution in [2.45, 2.75) is 156 Å². The molecule has 0 saturated heterocycles. The molecule has 0 amide bonds. The average molecular weight is 605 g/mol. The fourth-order valence-electron chi connectivity index (χ4n) is 15.2. The Kier molecular flexibility index (Phi) is 7.21. The molecule has 8 aliphatic carbocycles. The molecule has 2 N–H and O–H groups in total. The number of hydrogen-bond donors (Lipinski definition) is 2. The Morgan fingerprint density at radius 2 is 1.09 bits per heavy atom. The summed E-state index contributed by atoms with van der Waals surface area (Å²) in [5.41, 5.74) is 4.15. The first kappa shape index (κ1) is 30.6. The molecule has 44 heavy (non-hydrogen) atoms. The van der Waals surface area contributed by atoms with Crippen molar-refractivity contribution < 1.29 is 10.2 Å². The lowest BCUT2D eigenvalue weighted by molar-refractivity contribution is -0.117. The van der Waals surface area contributed by atoms with Crippen LogP contribution in [0.15, 0.2) is 10.2 Å². The van der Waals surface area contributed by atoms with Crippen LogP contribution >= 0.6 is 0 Å². The maximum absolute atomic E-state index is 11.1. The van der Waals surface area contributed by atoms with E-state index in [1.807, 2.05) is 0 Å². The van der Waals surface area contributed by atoms with Crippen LogP contribution < -0.4 is 0 Å². The van der Waals surface area contributed by atoms with E-state index in [2.05, 4.69) is 41.5 Å². The minimum Gasteiger partial charge on any atom is -0.393 e. The Balaban J connectivity index is 0.974. The summed E-state index contributed by atoms with van der Waals surface area (Å²) in [6.45, 7) is 15.1. The molecule has 0 aromatic heterocycles. The van der Waals surface area contributed by atoms with Gasteiger partial charge in [0.05, 0.1) is 12.2 Å². The second-order valence-corrected chi connectivity index (χ2v) is 19.5. The Bertz CT molecular complexity index is 1210. The van der Waals surface area contributed by atoms with E-state index in [4.69, 9.17) is 10.2 Å². The molecule has 4 heteroatoms. The molecule has 0 heterocycles. The molecular formula is C40H64N2O2. The lowest BCUT2D eigenvalue weighted by Gasteiger charge is -2.61. The predicted octanol–water partition coefficient (Wildman–Crippen LogP) is 9.08. The highest BCUT2D eigenvalue weighted by atomic mass is 16.3. The van der Waals surface area contributed by atoms with E-state index in [0.29, 0.717) is 34.0 Å². The van der Waals surface area contributed by atoms with E-state index in [-0.39, 0.29) is 17.6 Å². The summed E-state index contributed by atoms with van der Waals surface area (Å²) in [5.74, 6) is 6.94. The largest absolute Gasteiger partial charge is 0.393 e. The van der Waals surface area contributed by atoms with Gasteiger partial charge in [0, 0.05) is 11.4 Å². The zero-order chi connectivity index (χ0) is 30.8. The van der Waals surface area contributed by atoms with Gasteiger partial charge in [0.1, 0.15) is 0 Å². The highest BCUT2D eigenvalue weighted by Crippen LogP contribution is 2.68. The Morgan fingerprint density at radius 3 is 1.73 bits per heavy atom. The second kappa shape index (κ2) is 10.4. The lowest BCUT2D eigenvalue weighted by Crippen LogP contribution is -2.55. The molecule has 8 rings (SSSR count). The van der Waals surface area contributed by atoms with Crippen molar-refractivity contribution in [3.05, 3.63) is 0 Å². The van der Waals surface area contributed by atoms with Gasteiger partial charge < -0.3 is 10.2 Å². The molecule has 8 fully saturated rings. The third-order valence-corrected chi connectivity index (χ3v) is 17.7. The van der Waals surface area contributed by atoms with Crippen molar-refractivity contribution in [3.63, 3.8) is 0 Å². The Morgan fingerprint density at radius 1 is 0.568 bits per heavy atom. The normalized spacial score (nSPS) is 60.2. The second-order valence-electron chi connectivity index (χ2n) is 19.5. The van der Waals surface area contributed by atoms with Crippen LogP contribution in [0.4, 0.5) is 0 Å². The van der Waals surface area contributed by atoms with Crippen LogP contribution in [-0.4, -0.2) is 33.8 Å². The Hall–Kier alpha value is -0.740. The molecule has 16 atom stereocenters. The SMILES string of the molecule is CC1C[C@@]2(C)C(CCC3C4C(O)CC[C@@]4(C)CCC32)CC1=N/N=C1\C[C@@H]2CC[C@@H]3[C@H](CC[C@]4(C)[C@@H](O)CC[C@@H]34)[C@@]2(C)C[C@H]1C. The monoisotopic (exact) mass is 604 g/mol. The van der Waals surface area contributed by atoms with Gasteiger partial charge in [-0.2, -0.15) is 10.2 Å². The number of aliphatic hydroxyl groups excluding tert-OH is 2. The summed E-state index contributed by atoms with van der Waals surface area (Å²) >= 11 is 0. The van der Waals surface area contributed by atoms with Gasteiger partial charge in [-0.15, -0.1) is 0 Å². The number of hydrogen-bond acceptors (Lipinski definition) is 4. The molecule has 4 nitrogen and oxygen atoms in total. The van der Waals surface area contributed by atoms with Crippen LogP contribution in [-0.2, 0) is 0 Å². The van der Waals surface area contributed by atoms with Crippen molar-refractivity contribution in [1.29, 1.82) is 0 Å². The van der Waals surface area contributed by atoms with Crippen molar-refractivity contribution in [3.8, 4) is 0 Å². The molecular weight excluding hydrogens is 540 g/mol. The first-order valence-electron chi connectivity index (χ1n) is 19.4. The van der Waals surface area contributed by atoms with Crippen LogP contribution in [0.25, 0.3) is 0 Å². The topological polar surface area (TPSA) is 65.2 Å².